The fourth-order valence-corrected chi connectivity index (χ4v) is 2.39. The average Bonchev–Trinajstić information content (AvgIpc) is 2.97. The number of rotatable bonds is 3. The Morgan fingerprint density at radius 2 is 1.78 bits per heavy atom. The van der Waals surface area contributed by atoms with Crippen LogP contribution in [0.25, 0.3) is 0 Å². The van der Waals surface area contributed by atoms with Crippen LogP contribution < -0.4 is 14.9 Å². The summed E-state index contributed by atoms with van der Waals surface area (Å²) in [6.45, 7) is 0.153. The number of fused-ring (bicyclic) bond motifs is 1. The molecular formula is C15H9Cl3N2O3. The van der Waals surface area contributed by atoms with Gasteiger partial charge in [0.2, 0.25) is 6.79 Å². The fraction of sp³-hybridized carbons (Fsp3) is 0.0667. The van der Waals surface area contributed by atoms with E-state index in [-0.39, 0.29) is 6.79 Å². The summed E-state index contributed by atoms with van der Waals surface area (Å²) in [6.07, 6.45) is 1.42. The molecule has 23 heavy (non-hydrogen) atoms. The Morgan fingerprint density at radius 3 is 2.52 bits per heavy atom. The fourth-order valence-electron chi connectivity index (χ4n) is 1.89. The molecule has 1 amide bonds. The Bertz CT molecular complexity index is 809. The SMILES string of the molecule is O=C(N/N=C/c1cc2c(cc1Cl)OCO2)c1ccc(Cl)c(Cl)c1. The number of ether oxygens (including phenoxy) is 2. The lowest BCUT2D eigenvalue weighted by atomic mass is 10.2. The van der Waals surface area contributed by atoms with Crippen LogP contribution in [-0.4, -0.2) is 18.9 Å². The van der Waals surface area contributed by atoms with Gasteiger partial charge in [0.15, 0.2) is 11.5 Å². The molecule has 0 unspecified atom stereocenters. The van der Waals surface area contributed by atoms with Gasteiger partial charge in [-0.3, -0.25) is 4.79 Å². The molecule has 5 nitrogen and oxygen atoms in total. The Hall–Kier alpha value is -1.95. The van der Waals surface area contributed by atoms with E-state index in [0.29, 0.717) is 37.7 Å². The molecule has 0 aliphatic carbocycles. The first kappa shape index (κ1) is 15.9. The highest BCUT2D eigenvalue weighted by molar-refractivity contribution is 6.42. The number of hydrazone groups is 1. The van der Waals surface area contributed by atoms with Crippen LogP contribution in [0.2, 0.25) is 15.1 Å². The average molecular weight is 372 g/mol. The first-order chi connectivity index (χ1) is 11.0. The zero-order valence-electron chi connectivity index (χ0n) is 11.5. The molecule has 0 saturated carbocycles. The van der Waals surface area contributed by atoms with Crippen molar-refractivity contribution in [2.45, 2.75) is 0 Å². The molecule has 3 rings (SSSR count). The molecule has 8 heteroatoms. The molecule has 0 radical (unpaired) electrons. The van der Waals surface area contributed by atoms with Crippen LogP contribution in [0.15, 0.2) is 35.4 Å². The molecule has 2 aromatic rings. The van der Waals surface area contributed by atoms with Gasteiger partial charge in [-0.15, -0.1) is 0 Å². The molecule has 0 spiro atoms. The number of carbonyl (C=O) groups is 1. The summed E-state index contributed by atoms with van der Waals surface area (Å²) < 4.78 is 10.5. The Balaban J connectivity index is 1.71. The van der Waals surface area contributed by atoms with E-state index in [2.05, 4.69) is 10.5 Å². The Labute approximate surface area is 146 Å². The van der Waals surface area contributed by atoms with Gasteiger partial charge in [0.05, 0.1) is 21.3 Å². The highest BCUT2D eigenvalue weighted by Crippen LogP contribution is 2.36. The predicted molar refractivity (Wildman–Crippen MR) is 89.1 cm³/mol. The number of halogens is 3. The monoisotopic (exact) mass is 370 g/mol. The number of benzene rings is 2. The molecule has 0 saturated heterocycles. The van der Waals surface area contributed by atoms with E-state index < -0.39 is 5.91 Å². The smallest absolute Gasteiger partial charge is 0.271 e. The van der Waals surface area contributed by atoms with Gasteiger partial charge in [-0.25, -0.2) is 5.43 Å². The third-order valence-corrected chi connectivity index (χ3v) is 4.11. The van der Waals surface area contributed by atoms with Gasteiger partial charge in [0.25, 0.3) is 5.91 Å². The minimum atomic E-state index is -0.420. The van der Waals surface area contributed by atoms with Crippen molar-refractivity contribution in [3.05, 3.63) is 56.5 Å². The maximum Gasteiger partial charge on any atom is 0.271 e. The van der Waals surface area contributed by atoms with Crippen molar-refractivity contribution in [3.8, 4) is 11.5 Å². The third-order valence-electron chi connectivity index (χ3n) is 3.04. The summed E-state index contributed by atoms with van der Waals surface area (Å²) in [4.78, 5) is 12.0. The maximum atomic E-state index is 12.0. The summed E-state index contributed by atoms with van der Waals surface area (Å²) in [5.74, 6) is 0.732. The maximum absolute atomic E-state index is 12.0. The summed E-state index contributed by atoms with van der Waals surface area (Å²) in [6, 6.07) is 7.86. The molecule has 1 heterocycles. The second-order valence-electron chi connectivity index (χ2n) is 4.55. The molecule has 2 aromatic carbocycles. The molecule has 1 N–H and O–H groups in total. The second kappa shape index (κ2) is 6.66. The van der Waals surface area contributed by atoms with Crippen LogP contribution in [-0.2, 0) is 0 Å². The number of nitrogens with one attached hydrogen (secondary N) is 1. The zero-order valence-corrected chi connectivity index (χ0v) is 13.7. The van der Waals surface area contributed by atoms with Crippen molar-refractivity contribution in [1.29, 1.82) is 0 Å². The highest BCUT2D eigenvalue weighted by atomic mass is 35.5. The topological polar surface area (TPSA) is 59.9 Å². The van der Waals surface area contributed by atoms with Gasteiger partial charge < -0.3 is 9.47 Å². The van der Waals surface area contributed by atoms with Gasteiger partial charge >= 0.3 is 0 Å². The van der Waals surface area contributed by atoms with Crippen molar-refractivity contribution >= 4 is 46.9 Å². The van der Waals surface area contributed by atoms with Gasteiger partial charge in [-0.2, -0.15) is 5.10 Å². The van der Waals surface area contributed by atoms with Gasteiger partial charge in [-0.05, 0) is 24.3 Å². The number of amides is 1. The van der Waals surface area contributed by atoms with E-state index >= 15 is 0 Å². The zero-order chi connectivity index (χ0) is 16.4. The van der Waals surface area contributed by atoms with Crippen LogP contribution in [0.1, 0.15) is 15.9 Å². The van der Waals surface area contributed by atoms with Crippen LogP contribution in [0, 0.1) is 0 Å². The standard InChI is InChI=1S/C15H9Cl3N2O3/c16-10-2-1-8(3-12(10)18)15(21)20-19-6-9-4-13-14(5-11(9)17)23-7-22-13/h1-6H,7H2,(H,20,21)/b19-6+. The number of carbonyl (C=O) groups excluding carboxylic acids is 1. The molecule has 1 aliphatic rings. The van der Waals surface area contributed by atoms with E-state index in [1.54, 1.807) is 18.2 Å². The predicted octanol–water partition coefficient (Wildman–Crippen LogP) is 4.14. The van der Waals surface area contributed by atoms with Crippen molar-refractivity contribution in [2.24, 2.45) is 5.10 Å². The largest absolute Gasteiger partial charge is 0.454 e. The van der Waals surface area contributed by atoms with Gasteiger partial charge in [-0.1, -0.05) is 34.8 Å². The first-order valence-corrected chi connectivity index (χ1v) is 7.55. The normalized spacial score (nSPS) is 12.7. The molecular weight excluding hydrogens is 363 g/mol. The lowest BCUT2D eigenvalue weighted by molar-refractivity contribution is 0.0955. The molecule has 118 valence electrons. The van der Waals surface area contributed by atoms with E-state index in [0.717, 1.165) is 0 Å². The molecule has 0 fully saturated rings. The highest BCUT2D eigenvalue weighted by Gasteiger charge is 2.15. The van der Waals surface area contributed by atoms with Crippen LogP contribution in [0.5, 0.6) is 11.5 Å². The van der Waals surface area contributed by atoms with E-state index in [1.165, 1.54) is 18.3 Å². The van der Waals surface area contributed by atoms with Crippen LogP contribution in [0.3, 0.4) is 0 Å². The number of hydrogen-bond acceptors (Lipinski definition) is 4. The van der Waals surface area contributed by atoms with Gasteiger partial charge in [0, 0.05) is 17.2 Å². The quantitative estimate of drug-likeness (QED) is 0.651. The minimum absolute atomic E-state index is 0.153. The van der Waals surface area contributed by atoms with E-state index in [9.17, 15) is 4.79 Å². The lowest BCUT2D eigenvalue weighted by Crippen LogP contribution is -2.17. The van der Waals surface area contributed by atoms with Crippen LogP contribution >= 0.6 is 34.8 Å². The lowest BCUT2D eigenvalue weighted by Gasteiger charge is -2.03. The van der Waals surface area contributed by atoms with Gasteiger partial charge in [0.1, 0.15) is 0 Å². The number of nitrogens with zero attached hydrogens (tertiary/aromatic N) is 1. The summed E-state index contributed by atoms with van der Waals surface area (Å²) >= 11 is 17.8. The Morgan fingerprint density at radius 1 is 1.04 bits per heavy atom. The summed E-state index contributed by atoms with van der Waals surface area (Å²) in [7, 11) is 0. The summed E-state index contributed by atoms with van der Waals surface area (Å²) in [5, 5.41) is 4.97. The molecule has 0 aromatic heterocycles. The molecule has 1 aliphatic heterocycles. The van der Waals surface area contributed by atoms with E-state index in [4.69, 9.17) is 44.3 Å². The first-order valence-electron chi connectivity index (χ1n) is 6.42. The van der Waals surface area contributed by atoms with Crippen molar-refractivity contribution in [1.82, 2.24) is 5.43 Å². The molecule has 0 bridgehead atoms. The Kier molecular flexibility index (Phi) is 4.61. The van der Waals surface area contributed by atoms with Crippen molar-refractivity contribution in [2.75, 3.05) is 6.79 Å². The van der Waals surface area contributed by atoms with Crippen molar-refractivity contribution < 1.29 is 14.3 Å². The summed E-state index contributed by atoms with van der Waals surface area (Å²) in [5.41, 5.74) is 3.32. The van der Waals surface area contributed by atoms with E-state index in [1.807, 2.05) is 0 Å². The minimum Gasteiger partial charge on any atom is -0.454 e. The second-order valence-corrected chi connectivity index (χ2v) is 5.78. The van der Waals surface area contributed by atoms with Crippen molar-refractivity contribution in [3.63, 3.8) is 0 Å². The molecule has 0 atom stereocenters. The van der Waals surface area contributed by atoms with Crippen LogP contribution in [0.4, 0.5) is 0 Å². The number of hydrogen-bond donors (Lipinski definition) is 1. The third kappa shape index (κ3) is 3.52.